The number of carbonyl (C=O) groups is 4. The second-order valence-electron chi connectivity index (χ2n) is 29.9. The third-order valence-electron chi connectivity index (χ3n) is 19.3. The lowest BCUT2D eigenvalue weighted by Gasteiger charge is -2.21. The quantitative estimate of drug-likeness (QED) is 0.0222. The van der Waals surface area contributed by atoms with Gasteiger partial charge in [-0.25, -0.2) is 9.13 Å². The summed E-state index contributed by atoms with van der Waals surface area (Å²) in [5.74, 6) is -0.518. The van der Waals surface area contributed by atoms with Crippen molar-refractivity contribution >= 4 is 39.5 Å². The lowest BCUT2D eigenvalue weighted by Crippen LogP contribution is -2.30. The Morgan fingerprint density at radius 3 is 0.760 bits per heavy atom. The van der Waals surface area contributed by atoms with Crippen molar-refractivity contribution < 1.29 is 80.2 Å². The summed E-state index contributed by atoms with van der Waals surface area (Å²) in [5, 5.41) is 10.6. The number of carbonyl (C=O) groups excluding carboxylic acids is 4. The summed E-state index contributed by atoms with van der Waals surface area (Å²) in [6.45, 7) is 9.64. The van der Waals surface area contributed by atoms with E-state index in [0.29, 0.717) is 25.7 Å². The van der Waals surface area contributed by atoms with E-state index in [2.05, 4.69) is 41.5 Å². The zero-order valence-electron chi connectivity index (χ0n) is 65.5. The van der Waals surface area contributed by atoms with Gasteiger partial charge in [-0.2, -0.15) is 0 Å². The number of unbranched alkanes of at least 4 members (excludes halogenated alkanes) is 49. The van der Waals surface area contributed by atoms with Gasteiger partial charge >= 0.3 is 39.5 Å². The summed E-state index contributed by atoms with van der Waals surface area (Å²) in [6, 6.07) is 0. The van der Waals surface area contributed by atoms with Gasteiger partial charge in [-0.15, -0.1) is 0 Å². The summed E-state index contributed by atoms with van der Waals surface area (Å²) in [5.41, 5.74) is 0. The molecule has 0 bridgehead atoms. The third-order valence-corrected chi connectivity index (χ3v) is 21.2. The van der Waals surface area contributed by atoms with Crippen LogP contribution in [-0.2, 0) is 65.4 Å². The molecule has 19 heteroatoms. The normalized spacial score (nSPS) is 14.2. The number of phosphoric acid groups is 2. The largest absolute Gasteiger partial charge is 0.472 e. The van der Waals surface area contributed by atoms with Crippen LogP contribution in [0.5, 0.6) is 0 Å². The van der Waals surface area contributed by atoms with E-state index in [1.807, 2.05) is 0 Å². The van der Waals surface area contributed by atoms with Gasteiger partial charge in [0.25, 0.3) is 0 Å². The average Bonchev–Trinajstić information content (AvgIpc) is 0.919. The van der Waals surface area contributed by atoms with Crippen molar-refractivity contribution in [3.8, 4) is 0 Å². The molecule has 3 N–H and O–H groups in total. The Morgan fingerprint density at radius 1 is 0.290 bits per heavy atom. The molecule has 100 heavy (non-hydrogen) atoms. The van der Waals surface area contributed by atoms with E-state index >= 15 is 0 Å². The molecule has 0 saturated carbocycles. The molecule has 0 aliphatic carbocycles. The molecular weight excluding hydrogens is 1310 g/mol. The van der Waals surface area contributed by atoms with Crippen LogP contribution in [-0.4, -0.2) is 96.7 Å². The Bertz CT molecular complexity index is 1930. The predicted molar refractivity (Wildman–Crippen MR) is 409 cm³/mol. The number of phosphoric ester groups is 2. The van der Waals surface area contributed by atoms with Gasteiger partial charge in [-0.3, -0.25) is 37.3 Å². The van der Waals surface area contributed by atoms with Gasteiger partial charge in [-0.05, 0) is 37.5 Å². The highest BCUT2D eigenvalue weighted by molar-refractivity contribution is 7.47. The second-order valence-corrected chi connectivity index (χ2v) is 32.8. The van der Waals surface area contributed by atoms with E-state index in [4.69, 9.17) is 37.0 Å². The molecule has 0 rings (SSSR count). The maximum absolute atomic E-state index is 13.1. The van der Waals surface area contributed by atoms with Gasteiger partial charge in [0.2, 0.25) is 0 Å². The highest BCUT2D eigenvalue weighted by atomic mass is 31.2. The Balaban J connectivity index is 5.18. The first kappa shape index (κ1) is 98.1. The standard InChI is InChI=1S/C81H158O17P2/c1-7-10-12-14-16-18-19-20-21-22-23-24-25-26-27-28-31-35-41-47-53-59-65-80(85)98-77(70-92-79(84)64-58-52-46-40-34-32-29-30-33-38-43-49-55-61-73(4)5)72-96-100(89,90)94-68-75(82)67-93-99(87,88)95-71-76(69-91-78(83)63-57-51-45-17-15-13-11-8-2)97-81(86)66-60-54-48-42-37-36-39-44-50-56-62-74(6)9-3/h73-77,82H,7-72H2,1-6H3,(H,87,88)(H,89,90)/t74?,75-,76+,77+/m0/s1. The molecular formula is C81H158O17P2. The first-order valence-electron chi connectivity index (χ1n) is 42.0. The Hall–Kier alpha value is -1.94. The number of esters is 4. The number of rotatable bonds is 80. The number of hydrogen-bond donors (Lipinski definition) is 3. The van der Waals surface area contributed by atoms with Crippen molar-refractivity contribution in [1.29, 1.82) is 0 Å². The van der Waals surface area contributed by atoms with Crippen LogP contribution >= 0.6 is 15.6 Å². The van der Waals surface area contributed by atoms with E-state index in [9.17, 15) is 43.2 Å². The smallest absolute Gasteiger partial charge is 0.462 e. The van der Waals surface area contributed by atoms with Gasteiger partial charge in [0.15, 0.2) is 12.2 Å². The summed E-state index contributed by atoms with van der Waals surface area (Å²) in [7, 11) is -9.92. The van der Waals surface area contributed by atoms with Crippen LogP contribution in [0.2, 0.25) is 0 Å². The number of aliphatic hydroxyl groups is 1. The molecule has 0 aromatic heterocycles. The summed E-state index contributed by atoms with van der Waals surface area (Å²) >= 11 is 0. The molecule has 6 atom stereocenters. The molecule has 0 aliphatic rings. The van der Waals surface area contributed by atoms with Crippen LogP contribution < -0.4 is 0 Å². The van der Waals surface area contributed by atoms with Gasteiger partial charge < -0.3 is 33.8 Å². The molecule has 0 radical (unpaired) electrons. The van der Waals surface area contributed by atoms with E-state index in [-0.39, 0.29) is 25.7 Å². The van der Waals surface area contributed by atoms with Crippen LogP contribution in [0.3, 0.4) is 0 Å². The van der Waals surface area contributed by atoms with E-state index in [1.54, 1.807) is 0 Å². The Kier molecular flexibility index (Phi) is 71.2. The minimum absolute atomic E-state index is 0.106. The maximum Gasteiger partial charge on any atom is 0.472 e. The molecule has 0 spiro atoms. The first-order valence-corrected chi connectivity index (χ1v) is 45.0. The van der Waals surface area contributed by atoms with Crippen LogP contribution in [0.1, 0.15) is 427 Å². The van der Waals surface area contributed by atoms with Gasteiger partial charge in [0.05, 0.1) is 26.4 Å². The fourth-order valence-corrected chi connectivity index (χ4v) is 14.1. The Morgan fingerprint density at radius 2 is 0.510 bits per heavy atom. The summed E-state index contributed by atoms with van der Waals surface area (Å²) < 4.78 is 68.6. The number of ether oxygens (including phenoxy) is 4. The summed E-state index contributed by atoms with van der Waals surface area (Å²) in [6.07, 6.45) is 62.6. The van der Waals surface area contributed by atoms with E-state index < -0.39 is 97.5 Å². The van der Waals surface area contributed by atoms with Crippen molar-refractivity contribution in [3.63, 3.8) is 0 Å². The van der Waals surface area contributed by atoms with Crippen LogP contribution in [0.25, 0.3) is 0 Å². The molecule has 0 fully saturated rings. The van der Waals surface area contributed by atoms with Crippen molar-refractivity contribution in [1.82, 2.24) is 0 Å². The zero-order chi connectivity index (χ0) is 73.5. The van der Waals surface area contributed by atoms with Crippen LogP contribution in [0.15, 0.2) is 0 Å². The highest BCUT2D eigenvalue weighted by Crippen LogP contribution is 2.45. The lowest BCUT2D eigenvalue weighted by atomic mass is 9.99. The molecule has 594 valence electrons. The maximum atomic E-state index is 13.1. The SMILES string of the molecule is CCCCCCCCCCCCCCCCCCCCCCCCC(=O)O[C@H](COC(=O)CCCCCCCCCCCCCCCC(C)C)COP(=O)(O)OC[C@@H](O)COP(=O)(O)OC[C@@H](COC(=O)CCCCCCCCCC)OC(=O)CCCCCCCCCCCCC(C)CC. The minimum Gasteiger partial charge on any atom is -0.462 e. The molecule has 0 aromatic rings. The van der Waals surface area contributed by atoms with Crippen LogP contribution in [0.4, 0.5) is 0 Å². The highest BCUT2D eigenvalue weighted by Gasteiger charge is 2.30. The van der Waals surface area contributed by atoms with E-state index in [1.165, 1.54) is 238 Å². The second kappa shape index (κ2) is 72.6. The van der Waals surface area contributed by atoms with Crippen molar-refractivity contribution in [3.05, 3.63) is 0 Å². The predicted octanol–water partition coefficient (Wildman–Crippen LogP) is 24.3. The third kappa shape index (κ3) is 73.0. The number of hydrogen-bond acceptors (Lipinski definition) is 15. The van der Waals surface area contributed by atoms with Crippen molar-refractivity contribution in [2.75, 3.05) is 39.6 Å². The molecule has 17 nitrogen and oxygen atoms in total. The van der Waals surface area contributed by atoms with E-state index in [0.717, 1.165) is 108 Å². The van der Waals surface area contributed by atoms with Gasteiger partial charge in [-0.1, -0.05) is 375 Å². The van der Waals surface area contributed by atoms with Crippen molar-refractivity contribution in [2.24, 2.45) is 11.8 Å². The summed E-state index contributed by atoms with van der Waals surface area (Å²) in [4.78, 5) is 72.9. The monoisotopic (exact) mass is 1470 g/mol. The van der Waals surface area contributed by atoms with Gasteiger partial charge in [0, 0.05) is 25.7 Å². The van der Waals surface area contributed by atoms with Gasteiger partial charge in [0.1, 0.15) is 19.3 Å². The van der Waals surface area contributed by atoms with Crippen LogP contribution in [0, 0.1) is 11.8 Å². The lowest BCUT2D eigenvalue weighted by molar-refractivity contribution is -0.161. The zero-order valence-corrected chi connectivity index (χ0v) is 67.3. The molecule has 3 unspecified atom stereocenters. The molecule has 0 aliphatic heterocycles. The molecule has 0 heterocycles. The van der Waals surface area contributed by atoms with Crippen molar-refractivity contribution in [2.45, 2.75) is 445 Å². The minimum atomic E-state index is -4.96. The molecule has 0 saturated heterocycles. The molecule has 0 aromatic carbocycles. The fraction of sp³-hybridized carbons (Fsp3) is 0.951. The Labute approximate surface area is 613 Å². The number of aliphatic hydroxyl groups excluding tert-OH is 1. The fourth-order valence-electron chi connectivity index (χ4n) is 12.5. The topological polar surface area (TPSA) is 237 Å². The molecule has 0 amide bonds. The first-order chi connectivity index (χ1) is 48.4. The average molecular weight is 1470 g/mol.